The van der Waals surface area contributed by atoms with E-state index in [1.54, 1.807) is 11.8 Å². The first kappa shape index (κ1) is 15.5. The fraction of sp³-hybridized carbons (Fsp3) is 0.217. The molecule has 2 aliphatic heterocycles. The molecule has 3 nitrogen and oxygen atoms in total. The summed E-state index contributed by atoms with van der Waals surface area (Å²) in [6.45, 7) is 0. The lowest BCUT2D eigenvalue weighted by Crippen LogP contribution is -2.30. The zero-order chi connectivity index (χ0) is 18.0. The number of carbonyl (C=O) groups is 1. The largest absolute Gasteiger partial charge is 0.294 e. The van der Waals surface area contributed by atoms with E-state index in [-0.39, 0.29) is 16.5 Å². The molecule has 3 aliphatic rings. The van der Waals surface area contributed by atoms with Crippen LogP contribution in [0.5, 0.6) is 0 Å². The van der Waals surface area contributed by atoms with E-state index in [1.807, 2.05) is 47.5 Å². The molecule has 2 bridgehead atoms. The van der Waals surface area contributed by atoms with Crippen LogP contribution in [0, 0.1) is 0 Å². The summed E-state index contributed by atoms with van der Waals surface area (Å²) in [6, 6.07) is 18.7. The molecule has 1 saturated heterocycles. The average molecular weight is 370 g/mol. The minimum Gasteiger partial charge on any atom is -0.294 e. The van der Waals surface area contributed by atoms with Gasteiger partial charge in [-0.15, -0.1) is 11.8 Å². The van der Waals surface area contributed by atoms with E-state index >= 15 is 0 Å². The molecule has 3 heterocycles. The van der Waals surface area contributed by atoms with Gasteiger partial charge in [-0.25, -0.2) is 0 Å². The number of carbonyl (C=O) groups excluding carboxylic acids is 1. The molecule has 1 amide bonds. The van der Waals surface area contributed by atoms with E-state index in [4.69, 9.17) is 4.98 Å². The van der Waals surface area contributed by atoms with Crippen LogP contribution < -0.4 is 4.90 Å². The Labute approximate surface area is 162 Å². The molecule has 4 heteroatoms. The molecule has 132 valence electrons. The lowest BCUT2D eigenvalue weighted by Gasteiger charge is -2.27. The van der Waals surface area contributed by atoms with E-state index in [0.29, 0.717) is 0 Å². The first-order valence-corrected chi connectivity index (χ1v) is 10.4. The van der Waals surface area contributed by atoms with Crippen LogP contribution in [-0.2, 0) is 17.6 Å². The van der Waals surface area contributed by atoms with Gasteiger partial charge in [-0.1, -0.05) is 30.3 Å². The Hall–Kier alpha value is -2.59. The molecular weight excluding hydrogens is 352 g/mol. The van der Waals surface area contributed by atoms with Gasteiger partial charge in [-0.3, -0.25) is 14.7 Å². The number of aromatic nitrogens is 1. The summed E-state index contributed by atoms with van der Waals surface area (Å²) in [5.74, 6) is 0.185. The summed E-state index contributed by atoms with van der Waals surface area (Å²) in [4.78, 5) is 20.2. The molecule has 2 unspecified atom stereocenters. The Morgan fingerprint density at radius 3 is 2.63 bits per heavy atom. The van der Waals surface area contributed by atoms with E-state index in [9.17, 15) is 4.79 Å². The second-order valence-corrected chi connectivity index (χ2v) is 8.61. The van der Waals surface area contributed by atoms with Crippen molar-refractivity contribution in [3.05, 3.63) is 83.0 Å². The van der Waals surface area contributed by atoms with Gasteiger partial charge in [0, 0.05) is 23.0 Å². The molecule has 2 aromatic carbocycles. The van der Waals surface area contributed by atoms with Crippen molar-refractivity contribution in [2.75, 3.05) is 4.90 Å². The fourth-order valence-corrected chi connectivity index (χ4v) is 6.18. The highest BCUT2D eigenvalue weighted by Crippen LogP contribution is 2.58. The topological polar surface area (TPSA) is 33.2 Å². The van der Waals surface area contributed by atoms with Gasteiger partial charge < -0.3 is 0 Å². The van der Waals surface area contributed by atoms with Gasteiger partial charge in [0.1, 0.15) is 10.6 Å². The van der Waals surface area contributed by atoms with Crippen LogP contribution in [0.4, 0.5) is 5.69 Å². The smallest absolute Gasteiger partial charge is 0.245 e. The highest BCUT2D eigenvalue weighted by atomic mass is 32.2. The summed E-state index contributed by atoms with van der Waals surface area (Å²) >= 11 is 1.75. The van der Waals surface area contributed by atoms with Crippen molar-refractivity contribution in [3.63, 3.8) is 0 Å². The van der Waals surface area contributed by atoms with E-state index in [1.165, 1.54) is 17.5 Å². The molecule has 0 saturated carbocycles. The van der Waals surface area contributed by atoms with E-state index < -0.39 is 0 Å². The van der Waals surface area contributed by atoms with Gasteiger partial charge in [0.05, 0.1) is 5.69 Å². The Morgan fingerprint density at radius 2 is 1.78 bits per heavy atom. The zero-order valence-corrected chi connectivity index (χ0v) is 15.6. The lowest BCUT2D eigenvalue weighted by molar-refractivity contribution is -0.117. The monoisotopic (exact) mass is 370 g/mol. The minimum atomic E-state index is -0.162. The van der Waals surface area contributed by atoms with Gasteiger partial charge in [0.15, 0.2) is 0 Å². The number of thioether (sulfide) groups is 1. The van der Waals surface area contributed by atoms with Crippen molar-refractivity contribution >= 4 is 23.4 Å². The molecule has 0 N–H and O–H groups in total. The van der Waals surface area contributed by atoms with Crippen LogP contribution in [0.1, 0.15) is 39.3 Å². The lowest BCUT2D eigenvalue weighted by atomic mass is 9.91. The molecule has 1 aliphatic carbocycles. The standard InChI is InChI=1S/C23H18N2OS/c26-22-21-19-13-15-7-4-6-14(15)12-18(19)20-17(10-5-11-24-20)23(27-21)25(22)16-8-2-1-3-9-16/h1-3,5,8-13,21,23H,4,6-7H2. The zero-order valence-electron chi connectivity index (χ0n) is 14.8. The van der Waals surface area contributed by atoms with Crippen LogP contribution in [0.25, 0.3) is 11.3 Å². The quantitative estimate of drug-likeness (QED) is 0.599. The number of pyridine rings is 1. The first-order chi connectivity index (χ1) is 13.3. The molecule has 27 heavy (non-hydrogen) atoms. The number of hydrogen-bond acceptors (Lipinski definition) is 3. The normalized spacial score (nSPS) is 22.2. The first-order valence-electron chi connectivity index (χ1n) is 9.46. The molecular formula is C23H18N2OS. The number of rotatable bonds is 1. The van der Waals surface area contributed by atoms with Crippen LogP contribution in [-0.4, -0.2) is 10.9 Å². The summed E-state index contributed by atoms with van der Waals surface area (Å²) in [5, 5.41) is -0.193. The van der Waals surface area contributed by atoms with Crippen LogP contribution >= 0.6 is 11.8 Å². The number of benzene rings is 2. The van der Waals surface area contributed by atoms with Crippen molar-refractivity contribution < 1.29 is 4.79 Å². The molecule has 6 rings (SSSR count). The van der Waals surface area contributed by atoms with Crippen LogP contribution in [0.15, 0.2) is 60.8 Å². The van der Waals surface area contributed by atoms with Gasteiger partial charge in [0.25, 0.3) is 0 Å². The fourth-order valence-electron chi connectivity index (χ4n) is 4.67. The summed E-state index contributed by atoms with van der Waals surface area (Å²) in [7, 11) is 0. The Kier molecular flexibility index (Phi) is 3.27. The summed E-state index contributed by atoms with van der Waals surface area (Å²) < 4.78 is 0. The third-order valence-corrected chi connectivity index (χ3v) is 7.35. The highest BCUT2D eigenvalue weighted by Gasteiger charge is 2.47. The van der Waals surface area contributed by atoms with Crippen LogP contribution in [0.3, 0.4) is 0 Å². The van der Waals surface area contributed by atoms with Gasteiger partial charge in [-0.05, 0) is 60.2 Å². The van der Waals surface area contributed by atoms with Gasteiger partial charge in [-0.2, -0.15) is 0 Å². The van der Waals surface area contributed by atoms with Crippen molar-refractivity contribution in [2.24, 2.45) is 0 Å². The van der Waals surface area contributed by atoms with Gasteiger partial charge >= 0.3 is 0 Å². The second-order valence-electron chi connectivity index (χ2n) is 7.42. The maximum atomic E-state index is 13.5. The summed E-state index contributed by atoms with van der Waals surface area (Å²) in [6.07, 6.45) is 5.33. The van der Waals surface area contributed by atoms with Crippen molar-refractivity contribution in [2.45, 2.75) is 29.9 Å². The molecule has 1 fully saturated rings. The molecule has 0 radical (unpaired) electrons. The number of nitrogens with zero attached hydrogens (tertiary/aromatic N) is 2. The number of para-hydroxylation sites is 1. The Morgan fingerprint density at radius 1 is 0.963 bits per heavy atom. The number of fused-ring (bicyclic) bond motifs is 8. The predicted octanol–water partition coefficient (Wildman–Crippen LogP) is 5.07. The number of amides is 1. The highest BCUT2D eigenvalue weighted by molar-refractivity contribution is 8.01. The molecule has 0 spiro atoms. The maximum Gasteiger partial charge on any atom is 0.245 e. The number of aryl methyl sites for hydroxylation is 2. The van der Waals surface area contributed by atoms with Crippen molar-refractivity contribution in [1.29, 1.82) is 0 Å². The molecule has 3 aromatic rings. The minimum absolute atomic E-state index is 0.0316. The molecule has 1 aromatic heterocycles. The van der Waals surface area contributed by atoms with Crippen molar-refractivity contribution in [3.8, 4) is 11.3 Å². The average Bonchev–Trinajstić information content (AvgIpc) is 3.27. The maximum absolute atomic E-state index is 13.5. The Balaban J connectivity index is 1.61. The van der Waals surface area contributed by atoms with Crippen LogP contribution in [0.2, 0.25) is 0 Å². The Bertz CT molecular complexity index is 1080. The number of anilines is 1. The van der Waals surface area contributed by atoms with Crippen molar-refractivity contribution in [1.82, 2.24) is 4.98 Å². The third kappa shape index (κ3) is 2.16. The predicted molar refractivity (Wildman–Crippen MR) is 109 cm³/mol. The third-order valence-electron chi connectivity index (χ3n) is 5.90. The SMILES string of the molecule is O=C1C2SC(c3cccnc3-c3cc4c(cc32)CCC4)N1c1ccccc1. The number of hydrogen-bond donors (Lipinski definition) is 0. The molecule has 2 atom stereocenters. The van der Waals surface area contributed by atoms with E-state index in [2.05, 4.69) is 18.2 Å². The second kappa shape index (κ2) is 5.70. The summed E-state index contributed by atoms with van der Waals surface area (Å²) in [5.41, 5.74) is 8.28. The van der Waals surface area contributed by atoms with E-state index in [0.717, 1.165) is 40.9 Å². The van der Waals surface area contributed by atoms with Gasteiger partial charge in [0.2, 0.25) is 5.91 Å².